The Morgan fingerprint density at radius 3 is 2.09 bits per heavy atom. The summed E-state index contributed by atoms with van der Waals surface area (Å²) >= 11 is 4.57. The molecule has 0 saturated heterocycles. The van der Waals surface area contributed by atoms with E-state index in [1.54, 1.807) is 0 Å². The monoisotopic (exact) mass is 174 g/mol. The molecular formula is C6H14N4S. The Morgan fingerprint density at radius 2 is 1.82 bits per heavy atom. The van der Waals surface area contributed by atoms with E-state index in [-0.39, 0.29) is 5.11 Å². The molecule has 0 aliphatic rings. The van der Waals surface area contributed by atoms with Gasteiger partial charge in [-0.15, -0.1) is 0 Å². The first kappa shape index (κ1) is 10.2. The summed E-state index contributed by atoms with van der Waals surface area (Å²) in [5.74, 6) is 0.391. The molecule has 0 atom stereocenters. The molecule has 0 aliphatic heterocycles. The Hall–Kier alpha value is -0.840. The van der Waals surface area contributed by atoms with Crippen LogP contribution in [0.3, 0.4) is 0 Å². The van der Waals surface area contributed by atoms with Crippen LogP contribution in [0.15, 0.2) is 4.99 Å². The zero-order chi connectivity index (χ0) is 8.85. The number of thiocarbonyl (C=S) groups is 1. The Kier molecular flexibility index (Phi) is 4.52. The van der Waals surface area contributed by atoms with Gasteiger partial charge in [0.2, 0.25) is 0 Å². The van der Waals surface area contributed by atoms with Crippen LogP contribution in [0.25, 0.3) is 0 Å². The molecule has 4 N–H and O–H groups in total. The number of rotatable bonds is 2. The summed E-state index contributed by atoms with van der Waals surface area (Å²) in [6.45, 7) is 5.61. The fourth-order valence-corrected chi connectivity index (χ4v) is 0.825. The standard InChI is InChI=1S/C6H14N4S/c1-3-10(4-2)5(7)9-6(8)11/h3-4H2,1-2H3,(H4,7,8,9,11). The van der Waals surface area contributed by atoms with Crippen LogP contribution in [-0.4, -0.2) is 29.1 Å². The number of aliphatic imine (C=N–C) groups is 1. The van der Waals surface area contributed by atoms with Crippen LogP contribution in [-0.2, 0) is 0 Å². The van der Waals surface area contributed by atoms with Crippen molar-refractivity contribution in [1.82, 2.24) is 4.90 Å². The van der Waals surface area contributed by atoms with Crippen molar-refractivity contribution in [3.8, 4) is 0 Å². The van der Waals surface area contributed by atoms with Crippen molar-refractivity contribution in [2.75, 3.05) is 13.1 Å². The van der Waals surface area contributed by atoms with E-state index in [1.165, 1.54) is 0 Å². The van der Waals surface area contributed by atoms with Gasteiger partial charge in [-0.1, -0.05) is 0 Å². The Labute approximate surface area is 72.3 Å². The van der Waals surface area contributed by atoms with E-state index in [9.17, 15) is 0 Å². The van der Waals surface area contributed by atoms with Crippen LogP contribution in [0.4, 0.5) is 0 Å². The van der Waals surface area contributed by atoms with Gasteiger partial charge in [0.15, 0.2) is 11.1 Å². The molecule has 0 aliphatic carbocycles. The van der Waals surface area contributed by atoms with E-state index in [0.29, 0.717) is 5.96 Å². The Balaban J connectivity index is 4.18. The van der Waals surface area contributed by atoms with Crippen LogP contribution in [0, 0.1) is 0 Å². The van der Waals surface area contributed by atoms with Crippen LogP contribution in [0.1, 0.15) is 13.8 Å². The fourth-order valence-electron chi connectivity index (χ4n) is 0.731. The molecule has 0 saturated carbocycles. The van der Waals surface area contributed by atoms with Gasteiger partial charge in [-0.05, 0) is 26.1 Å². The van der Waals surface area contributed by atoms with Gasteiger partial charge in [0.05, 0.1) is 0 Å². The molecule has 0 amide bonds. The predicted octanol–water partition coefficient (Wildman–Crippen LogP) is -0.113. The van der Waals surface area contributed by atoms with E-state index in [1.807, 2.05) is 18.7 Å². The third kappa shape index (κ3) is 3.77. The van der Waals surface area contributed by atoms with Crippen molar-refractivity contribution in [3.63, 3.8) is 0 Å². The lowest BCUT2D eigenvalue weighted by molar-refractivity contribution is 0.461. The van der Waals surface area contributed by atoms with Crippen molar-refractivity contribution < 1.29 is 0 Å². The minimum absolute atomic E-state index is 0.0781. The zero-order valence-corrected chi connectivity index (χ0v) is 7.69. The molecule has 0 radical (unpaired) electrons. The van der Waals surface area contributed by atoms with Gasteiger partial charge >= 0.3 is 0 Å². The van der Waals surface area contributed by atoms with Crippen LogP contribution < -0.4 is 11.5 Å². The lowest BCUT2D eigenvalue weighted by Gasteiger charge is -2.18. The van der Waals surface area contributed by atoms with Crippen LogP contribution in [0.5, 0.6) is 0 Å². The van der Waals surface area contributed by atoms with E-state index < -0.39 is 0 Å². The van der Waals surface area contributed by atoms with Gasteiger partial charge in [-0.25, -0.2) is 0 Å². The first-order valence-electron chi connectivity index (χ1n) is 3.50. The number of nitrogens with two attached hydrogens (primary N) is 2. The lowest BCUT2D eigenvalue weighted by atomic mass is 10.5. The molecule has 0 aromatic carbocycles. The normalized spacial score (nSPS) is 11.3. The average Bonchev–Trinajstić information content (AvgIpc) is 1.88. The average molecular weight is 174 g/mol. The highest BCUT2D eigenvalue weighted by molar-refractivity contribution is 7.80. The van der Waals surface area contributed by atoms with E-state index in [2.05, 4.69) is 17.2 Å². The van der Waals surface area contributed by atoms with Crippen molar-refractivity contribution in [1.29, 1.82) is 0 Å². The summed E-state index contributed by atoms with van der Waals surface area (Å²) < 4.78 is 0. The number of nitrogens with zero attached hydrogens (tertiary/aromatic N) is 2. The van der Waals surface area contributed by atoms with E-state index in [4.69, 9.17) is 11.5 Å². The summed E-state index contributed by atoms with van der Waals surface area (Å²) in [4.78, 5) is 5.62. The second-order valence-electron chi connectivity index (χ2n) is 1.98. The summed E-state index contributed by atoms with van der Waals surface area (Å²) in [6.07, 6.45) is 0. The van der Waals surface area contributed by atoms with Gasteiger partial charge in [0.25, 0.3) is 0 Å². The van der Waals surface area contributed by atoms with Crippen molar-refractivity contribution in [2.45, 2.75) is 13.8 Å². The highest BCUT2D eigenvalue weighted by atomic mass is 32.1. The van der Waals surface area contributed by atoms with E-state index >= 15 is 0 Å². The molecule has 0 heterocycles. The van der Waals surface area contributed by atoms with Gasteiger partial charge in [-0.2, -0.15) is 4.99 Å². The summed E-state index contributed by atoms with van der Waals surface area (Å²) in [6, 6.07) is 0. The molecular weight excluding hydrogens is 160 g/mol. The highest BCUT2D eigenvalue weighted by Gasteiger charge is 2.00. The second kappa shape index (κ2) is 4.90. The molecule has 64 valence electrons. The lowest BCUT2D eigenvalue weighted by Crippen LogP contribution is -2.38. The number of guanidine groups is 1. The molecule has 0 spiro atoms. The maximum absolute atomic E-state index is 5.55. The Bertz CT molecular complexity index is 162. The number of hydrogen-bond acceptors (Lipinski definition) is 1. The topological polar surface area (TPSA) is 67.6 Å². The van der Waals surface area contributed by atoms with Gasteiger partial charge in [-0.3, -0.25) is 0 Å². The van der Waals surface area contributed by atoms with Gasteiger partial charge in [0, 0.05) is 13.1 Å². The zero-order valence-electron chi connectivity index (χ0n) is 6.87. The van der Waals surface area contributed by atoms with Crippen LogP contribution >= 0.6 is 12.2 Å². The predicted molar refractivity (Wildman–Crippen MR) is 51.3 cm³/mol. The Morgan fingerprint density at radius 1 is 1.36 bits per heavy atom. The molecule has 0 aromatic rings. The van der Waals surface area contributed by atoms with Gasteiger partial charge in [0.1, 0.15) is 0 Å². The molecule has 5 heteroatoms. The third-order valence-electron chi connectivity index (χ3n) is 1.31. The first-order chi connectivity index (χ1) is 5.11. The first-order valence-corrected chi connectivity index (χ1v) is 3.91. The molecule has 4 nitrogen and oxygen atoms in total. The molecule has 0 rings (SSSR count). The smallest absolute Gasteiger partial charge is 0.198 e. The maximum atomic E-state index is 5.55. The molecule has 0 aromatic heterocycles. The highest BCUT2D eigenvalue weighted by Crippen LogP contribution is 1.86. The minimum Gasteiger partial charge on any atom is -0.374 e. The summed E-state index contributed by atoms with van der Waals surface area (Å²) in [5.41, 5.74) is 10.7. The van der Waals surface area contributed by atoms with Gasteiger partial charge < -0.3 is 16.4 Å². The SMILES string of the molecule is CCN(CC)/C(N)=N/C(N)=S. The van der Waals surface area contributed by atoms with Crippen molar-refractivity contribution in [3.05, 3.63) is 0 Å². The van der Waals surface area contributed by atoms with Crippen LogP contribution in [0.2, 0.25) is 0 Å². The summed E-state index contributed by atoms with van der Waals surface area (Å²) in [7, 11) is 0. The quantitative estimate of drug-likeness (QED) is 0.348. The minimum atomic E-state index is 0.0781. The second-order valence-corrected chi connectivity index (χ2v) is 2.40. The molecule has 0 unspecified atom stereocenters. The van der Waals surface area contributed by atoms with Crippen molar-refractivity contribution in [2.24, 2.45) is 16.5 Å². The largest absolute Gasteiger partial charge is 0.374 e. The molecule has 11 heavy (non-hydrogen) atoms. The number of hydrogen-bond donors (Lipinski definition) is 2. The third-order valence-corrected chi connectivity index (χ3v) is 1.40. The fraction of sp³-hybridized carbons (Fsp3) is 0.667. The van der Waals surface area contributed by atoms with Crippen molar-refractivity contribution >= 4 is 23.3 Å². The summed E-state index contributed by atoms with van der Waals surface area (Å²) in [5, 5.41) is 0.0781. The maximum Gasteiger partial charge on any atom is 0.198 e. The van der Waals surface area contributed by atoms with E-state index in [0.717, 1.165) is 13.1 Å². The molecule has 0 fully saturated rings. The molecule has 0 bridgehead atoms.